The molecule has 0 amide bonds. The first-order chi connectivity index (χ1) is 11.7. The minimum Gasteiger partial charge on any atom is -0.457 e. The molecule has 1 atom stereocenters. The Morgan fingerprint density at radius 2 is 2.08 bits per heavy atom. The monoisotopic (exact) mass is 470 g/mol. The van der Waals surface area contributed by atoms with E-state index >= 15 is 0 Å². The molecule has 0 saturated heterocycles. The van der Waals surface area contributed by atoms with Crippen molar-refractivity contribution in [2.75, 3.05) is 7.05 Å². The summed E-state index contributed by atoms with van der Waals surface area (Å²) in [5.41, 5.74) is 1.01. The van der Waals surface area contributed by atoms with Crippen LogP contribution in [0.4, 0.5) is 0 Å². The third kappa shape index (κ3) is 4.94. The fourth-order valence-electron chi connectivity index (χ4n) is 2.27. The smallest absolute Gasteiger partial charge is 0.191 e. The van der Waals surface area contributed by atoms with E-state index in [1.807, 2.05) is 30.3 Å². The maximum absolute atomic E-state index is 5.93. The van der Waals surface area contributed by atoms with Crippen LogP contribution in [0, 0.1) is 0 Å². The first-order valence-electron chi connectivity index (χ1n) is 8.11. The van der Waals surface area contributed by atoms with Crippen LogP contribution in [0.5, 0.6) is 0 Å². The molecule has 2 N–H and O–H groups in total. The quantitative estimate of drug-likeness (QED) is 0.324. The van der Waals surface area contributed by atoms with Crippen molar-refractivity contribution in [3.63, 3.8) is 0 Å². The highest BCUT2D eigenvalue weighted by Gasteiger charge is 2.11. The number of para-hydroxylation sites is 1. The lowest BCUT2D eigenvalue weighted by Gasteiger charge is -2.15. The number of benzene rings is 1. The summed E-state index contributed by atoms with van der Waals surface area (Å²) in [7, 11) is 1.77. The van der Waals surface area contributed by atoms with E-state index in [0.29, 0.717) is 12.6 Å². The van der Waals surface area contributed by atoms with Crippen LogP contribution in [0.25, 0.3) is 21.0 Å². The molecule has 0 aliphatic heterocycles. The molecule has 0 aliphatic carbocycles. The van der Waals surface area contributed by atoms with Crippen LogP contribution in [0.2, 0.25) is 0 Å². The highest BCUT2D eigenvalue weighted by Crippen LogP contribution is 2.30. The summed E-state index contributed by atoms with van der Waals surface area (Å²) in [6.45, 7) is 4.85. The third-order valence-electron chi connectivity index (χ3n) is 3.82. The van der Waals surface area contributed by atoms with Gasteiger partial charge in [-0.25, -0.2) is 4.98 Å². The maximum Gasteiger partial charge on any atom is 0.191 e. The number of furan rings is 1. The Bertz CT molecular complexity index is 809. The number of nitrogens with zero attached hydrogens (tertiary/aromatic N) is 2. The molecule has 25 heavy (non-hydrogen) atoms. The molecular formula is C18H23IN4OS. The van der Waals surface area contributed by atoms with Gasteiger partial charge >= 0.3 is 0 Å². The second-order valence-electron chi connectivity index (χ2n) is 5.63. The molecule has 0 bridgehead atoms. The molecule has 2 heterocycles. The molecule has 0 saturated carbocycles. The molecule has 3 aromatic rings. The number of fused-ring (bicyclic) bond motifs is 1. The van der Waals surface area contributed by atoms with Gasteiger partial charge in [0.15, 0.2) is 16.7 Å². The van der Waals surface area contributed by atoms with Gasteiger partial charge in [0, 0.05) is 13.1 Å². The van der Waals surface area contributed by atoms with Gasteiger partial charge in [0.25, 0.3) is 0 Å². The van der Waals surface area contributed by atoms with Gasteiger partial charge in [-0.2, -0.15) is 0 Å². The van der Waals surface area contributed by atoms with Gasteiger partial charge in [-0.1, -0.05) is 19.1 Å². The standard InChI is InChI=1S/C18H22N4OS.HI/c1-4-12(2)21-18(19-3)20-11-13-9-10-15(23-13)17-22-14-7-5-6-8-16(14)24-17;/h5-10,12H,4,11H2,1-3H3,(H2,19,20,21);1H. The average molecular weight is 470 g/mol. The molecule has 0 fully saturated rings. The van der Waals surface area contributed by atoms with Gasteiger partial charge in [0.05, 0.1) is 16.8 Å². The first-order valence-corrected chi connectivity index (χ1v) is 8.93. The Balaban J connectivity index is 0.00000225. The first kappa shape index (κ1) is 19.7. The van der Waals surface area contributed by atoms with E-state index in [2.05, 4.69) is 40.5 Å². The van der Waals surface area contributed by atoms with Crippen molar-refractivity contribution in [2.45, 2.75) is 32.9 Å². The zero-order chi connectivity index (χ0) is 16.9. The second-order valence-corrected chi connectivity index (χ2v) is 6.66. The Hall–Kier alpha value is -1.61. The maximum atomic E-state index is 5.93. The van der Waals surface area contributed by atoms with Crippen LogP contribution in [0.15, 0.2) is 45.8 Å². The van der Waals surface area contributed by atoms with Gasteiger partial charge < -0.3 is 15.1 Å². The van der Waals surface area contributed by atoms with Gasteiger partial charge in [-0.3, -0.25) is 4.99 Å². The lowest BCUT2D eigenvalue weighted by molar-refractivity contribution is 0.511. The molecule has 5 nitrogen and oxygen atoms in total. The molecule has 134 valence electrons. The molecule has 1 unspecified atom stereocenters. The van der Waals surface area contributed by atoms with Crippen molar-refractivity contribution >= 4 is 51.5 Å². The van der Waals surface area contributed by atoms with Gasteiger partial charge in [-0.15, -0.1) is 35.3 Å². The lowest BCUT2D eigenvalue weighted by atomic mass is 10.3. The number of hydrogen-bond acceptors (Lipinski definition) is 4. The van der Waals surface area contributed by atoms with Gasteiger partial charge in [0.2, 0.25) is 0 Å². The second kappa shape index (κ2) is 9.19. The van der Waals surface area contributed by atoms with Crippen LogP contribution in [0.1, 0.15) is 26.0 Å². The molecule has 7 heteroatoms. The van der Waals surface area contributed by atoms with E-state index in [9.17, 15) is 0 Å². The van der Waals surface area contributed by atoms with Crippen molar-refractivity contribution in [1.29, 1.82) is 0 Å². The molecular weight excluding hydrogens is 447 g/mol. The SMILES string of the molecule is CCC(C)NC(=NC)NCc1ccc(-c2nc3ccccc3s2)o1.I. The van der Waals surface area contributed by atoms with Crippen molar-refractivity contribution < 1.29 is 4.42 Å². The summed E-state index contributed by atoms with van der Waals surface area (Å²) >= 11 is 1.64. The molecule has 2 aromatic heterocycles. The molecule has 0 spiro atoms. The number of aliphatic imine (C=N–C) groups is 1. The fourth-order valence-corrected chi connectivity index (χ4v) is 3.19. The topological polar surface area (TPSA) is 62.5 Å². The molecule has 3 rings (SSSR count). The van der Waals surface area contributed by atoms with E-state index < -0.39 is 0 Å². The van der Waals surface area contributed by atoms with E-state index in [1.54, 1.807) is 18.4 Å². The van der Waals surface area contributed by atoms with Crippen molar-refractivity contribution in [3.8, 4) is 10.8 Å². The van der Waals surface area contributed by atoms with E-state index in [0.717, 1.165) is 34.4 Å². The van der Waals surface area contributed by atoms with Gasteiger partial charge in [0.1, 0.15) is 5.76 Å². The number of guanidine groups is 1. The predicted octanol–water partition coefficient (Wildman–Crippen LogP) is 4.64. The molecule has 0 aliphatic rings. The van der Waals surface area contributed by atoms with Crippen molar-refractivity contribution in [3.05, 3.63) is 42.2 Å². The summed E-state index contributed by atoms with van der Waals surface area (Å²) in [6, 6.07) is 12.4. The normalized spacial score (nSPS) is 12.7. The minimum atomic E-state index is 0. The van der Waals surface area contributed by atoms with Crippen LogP contribution in [-0.2, 0) is 6.54 Å². The van der Waals surface area contributed by atoms with Crippen LogP contribution in [-0.4, -0.2) is 24.0 Å². The Morgan fingerprint density at radius 1 is 1.28 bits per heavy atom. The lowest BCUT2D eigenvalue weighted by Crippen LogP contribution is -2.41. The zero-order valence-electron chi connectivity index (χ0n) is 14.6. The number of rotatable bonds is 5. The zero-order valence-corrected chi connectivity index (χ0v) is 17.7. The third-order valence-corrected chi connectivity index (χ3v) is 4.87. The number of nitrogens with one attached hydrogen (secondary N) is 2. The van der Waals surface area contributed by atoms with E-state index in [-0.39, 0.29) is 24.0 Å². The number of aromatic nitrogens is 1. The van der Waals surface area contributed by atoms with Crippen molar-refractivity contribution in [1.82, 2.24) is 15.6 Å². The van der Waals surface area contributed by atoms with Crippen LogP contribution < -0.4 is 10.6 Å². The van der Waals surface area contributed by atoms with E-state index in [1.165, 1.54) is 4.70 Å². The highest BCUT2D eigenvalue weighted by atomic mass is 127. The average Bonchev–Trinajstić information content (AvgIpc) is 3.24. The Labute approximate surface area is 169 Å². The Kier molecular flexibility index (Phi) is 7.24. The predicted molar refractivity (Wildman–Crippen MR) is 116 cm³/mol. The summed E-state index contributed by atoms with van der Waals surface area (Å²) in [5, 5.41) is 7.51. The van der Waals surface area contributed by atoms with Crippen molar-refractivity contribution in [2.24, 2.45) is 4.99 Å². The van der Waals surface area contributed by atoms with Gasteiger partial charge in [-0.05, 0) is 37.6 Å². The Morgan fingerprint density at radius 3 is 2.80 bits per heavy atom. The number of halogens is 1. The summed E-state index contributed by atoms with van der Waals surface area (Å²) < 4.78 is 7.10. The highest BCUT2D eigenvalue weighted by molar-refractivity contribution is 14.0. The molecule has 1 aromatic carbocycles. The van der Waals surface area contributed by atoms with E-state index in [4.69, 9.17) is 4.42 Å². The number of hydrogen-bond donors (Lipinski definition) is 2. The summed E-state index contributed by atoms with van der Waals surface area (Å²) in [5.74, 6) is 2.44. The number of thiazole rings is 1. The fraction of sp³-hybridized carbons (Fsp3) is 0.333. The summed E-state index contributed by atoms with van der Waals surface area (Å²) in [6.07, 6.45) is 1.04. The largest absolute Gasteiger partial charge is 0.457 e. The summed E-state index contributed by atoms with van der Waals surface area (Å²) in [4.78, 5) is 8.85. The minimum absolute atomic E-state index is 0. The van der Waals surface area contributed by atoms with Crippen LogP contribution in [0.3, 0.4) is 0 Å². The van der Waals surface area contributed by atoms with Crippen LogP contribution >= 0.6 is 35.3 Å². The molecule has 0 radical (unpaired) electrons.